The zero-order valence-electron chi connectivity index (χ0n) is 15.2. The number of aromatic nitrogens is 2. The van der Waals surface area contributed by atoms with Crippen LogP contribution in [0.3, 0.4) is 0 Å². The van der Waals surface area contributed by atoms with E-state index in [4.69, 9.17) is 0 Å². The fourth-order valence-corrected chi connectivity index (χ4v) is 2.83. The Kier molecular flexibility index (Phi) is 5.99. The van der Waals surface area contributed by atoms with Crippen molar-refractivity contribution in [2.24, 2.45) is 0 Å². The van der Waals surface area contributed by atoms with Crippen LogP contribution in [0.2, 0.25) is 0 Å². The number of carbonyl (C=O) groups excluding carboxylic acids is 2. The van der Waals surface area contributed by atoms with Crippen molar-refractivity contribution >= 4 is 34.5 Å². The van der Waals surface area contributed by atoms with Crippen molar-refractivity contribution in [2.45, 2.75) is 13.3 Å². The zero-order chi connectivity index (χ0) is 19.1. The van der Waals surface area contributed by atoms with Gasteiger partial charge in [-0.25, -0.2) is 0 Å². The molecule has 3 rings (SSSR count). The summed E-state index contributed by atoms with van der Waals surface area (Å²) < 4.78 is 0. The number of hydrogen-bond donors (Lipinski definition) is 2. The van der Waals surface area contributed by atoms with Gasteiger partial charge >= 0.3 is 0 Å². The summed E-state index contributed by atoms with van der Waals surface area (Å²) >= 11 is 0. The second kappa shape index (κ2) is 8.80. The number of benzene rings is 2. The van der Waals surface area contributed by atoms with Crippen LogP contribution in [0.1, 0.15) is 19.0 Å². The van der Waals surface area contributed by atoms with Gasteiger partial charge in [0.25, 0.3) is 5.91 Å². The van der Waals surface area contributed by atoms with Gasteiger partial charge in [0.1, 0.15) is 0 Å². The predicted molar refractivity (Wildman–Crippen MR) is 107 cm³/mol. The Bertz CT molecular complexity index is 947. The molecule has 0 fully saturated rings. The number of amides is 2. The van der Waals surface area contributed by atoms with Crippen LogP contribution >= 0.6 is 0 Å². The van der Waals surface area contributed by atoms with Crippen molar-refractivity contribution in [3.8, 4) is 0 Å². The third-order valence-corrected chi connectivity index (χ3v) is 4.15. The molecule has 0 radical (unpaired) electrons. The summed E-state index contributed by atoms with van der Waals surface area (Å²) in [5.74, 6) is -0.200. The smallest absolute Gasteiger partial charge is 0.251 e. The molecule has 27 heavy (non-hydrogen) atoms. The van der Waals surface area contributed by atoms with Gasteiger partial charge in [-0.1, -0.05) is 36.4 Å². The van der Waals surface area contributed by atoms with E-state index in [9.17, 15) is 9.59 Å². The van der Waals surface area contributed by atoms with Gasteiger partial charge in [0.05, 0.1) is 11.2 Å². The highest BCUT2D eigenvalue weighted by Gasteiger charge is 2.13. The van der Waals surface area contributed by atoms with Crippen molar-refractivity contribution < 1.29 is 9.59 Å². The Morgan fingerprint density at radius 3 is 2.63 bits per heavy atom. The lowest BCUT2D eigenvalue weighted by Crippen LogP contribution is -2.32. The molecule has 0 saturated carbocycles. The number of hydrogen-bond acceptors (Lipinski definition) is 3. The van der Waals surface area contributed by atoms with Gasteiger partial charge in [0.15, 0.2) is 0 Å². The lowest BCUT2D eigenvalue weighted by molar-refractivity contribution is -0.118. The largest absolute Gasteiger partial charge is 0.356 e. The molecule has 0 aliphatic rings. The van der Waals surface area contributed by atoms with Crippen LogP contribution < -0.4 is 10.2 Å². The molecule has 0 aliphatic carbocycles. The van der Waals surface area contributed by atoms with E-state index in [1.807, 2.05) is 54.6 Å². The number of aromatic amines is 1. The zero-order valence-corrected chi connectivity index (χ0v) is 15.2. The van der Waals surface area contributed by atoms with E-state index in [1.54, 1.807) is 11.0 Å². The molecule has 6 nitrogen and oxygen atoms in total. The van der Waals surface area contributed by atoms with E-state index in [-0.39, 0.29) is 11.8 Å². The number of nitrogens with one attached hydrogen (secondary N) is 2. The Morgan fingerprint density at radius 1 is 1.11 bits per heavy atom. The van der Waals surface area contributed by atoms with Gasteiger partial charge in [-0.15, -0.1) is 0 Å². The minimum Gasteiger partial charge on any atom is -0.356 e. The SMILES string of the molecule is CC(=O)NCCCN(C(=O)/C=C/c1n[nH]c2ccccc12)c1ccccc1. The number of nitrogens with zero attached hydrogens (tertiary/aromatic N) is 2. The molecule has 0 atom stereocenters. The van der Waals surface area contributed by atoms with Crippen LogP contribution in [0.15, 0.2) is 60.7 Å². The summed E-state index contributed by atoms with van der Waals surface area (Å²) in [6.45, 7) is 2.52. The van der Waals surface area contributed by atoms with Crippen molar-refractivity contribution in [2.75, 3.05) is 18.0 Å². The first-order chi connectivity index (χ1) is 13.1. The molecule has 0 spiro atoms. The maximum atomic E-state index is 12.8. The van der Waals surface area contributed by atoms with Crippen LogP contribution in [0.4, 0.5) is 5.69 Å². The highest BCUT2D eigenvalue weighted by Crippen LogP contribution is 2.18. The summed E-state index contributed by atoms with van der Waals surface area (Å²) in [6, 6.07) is 17.3. The lowest BCUT2D eigenvalue weighted by Gasteiger charge is -2.21. The van der Waals surface area contributed by atoms with E-state index in [0.29, 0.717) is 19.5 Å². The van der Waals surface area contributed by atoms with Gasteiger partial charge < -0.3 is 10.2 Å². The first-order valence-electron chi connectivity index (χ1n) is 8.87. The van der Waals surface area contributed by atoms with Crippen LogP contribution in [-0.2, 0) is 9.59 Å². The summed E-state index contributed by atoms with van der Waals surface area (Å²) in [7, 11) is 0. The second-order valence-electron chi connectivity index (χ2n) is 6.15. The van der Waals surface area contributed by atoms with Crippen molar-refractivity contribution in [3.05, 3.63) is 66.4 Å². The molecule has 2 amide bonds. The number of fused-ring (bicyclic) bond motifs is 1. The standard InChI is InChI=1S/C21H22N4O2/c1-16(26)22-14-7-15-25(17-8-3-2-4-9-17)21(27)13-12-20-18-10-5-6-11-19(18)23-24-20/h2-6,8-13H,7,14-15H2,1H3,(H,22,26)(H,23,24)/b13-12+. The summed E-state index contributed by atoms with van der Waals surface area (Å²) in [6.07, 6.45) is 3.93. The van der Waals surface area contributed by atoms with Gasteiger partial charge in [-0.3, -0.25) is 14.7 Å². The Hall–Kier alpha value is -3.41. The molecule has 138 valence electrons. The first-order valence-corrected chi connectivity index (χ1v) is 8.87. The molecule has 0 aliphatic heterocycles. The Labute approximate surface area is 157 Å². The lowest BCUT2D eigenvalue weighted by atomic mass is 10.2. The topological polar surface area (TPSA) is 78.1 Å². The third kappa shape index (κ3) is 4.82. The number of anilines is 1. The minimum atomic E-state index is -0.129. The molecule has 0 saturated heterocycles. The highest BCUT2D eigenvalue weighted by atomic mass is 16.2. The third-order valence-electron chi connectivity index (χ3n) is 4.15. The van der Waals surface area contributed by atoms with Gasteiger partial charge in [0, 0.05) is 37.2 Å². The Balaban J connectivity index is 1.74. The van der Waals surface area contributed by atoms with Crippen LogP contribution in [-0.4, -0.2) is 35.1 Å². The molecule has 2 N–H and O–H groups in total. The molecule has 0 unspecified atom stereocenters. The van der Waals surface area contributed by atoms with Gasteiger partial charge in [0.2, 0.25) is 5.91 Å². The van der Waals surface area contributed by atoms with Gasteiger partial charge in [-0.05, 0) is 30.7 Å². The van der Waals surface area contributed by atoms with Crippen LogP contribution in [0, 0.1) is 0 Å². The number of para-hydroxylation sites is 2. The summed E-state index contributed by atoms with van der Waals surface area (Å²) in [5, 5.41) is 11.0. The molecule has 6 heteroatoms. The molecular formula is C21H22N4O2. The predicted octanol–water partition coefficient (Wildman–Crippen LogP) is 3.14. The van der Waals surface area contributed by atoms with Gasteiger partial charge in [-0.2, -0.15) is 5.10 Å². The maximum Gasteiger partial charge on any atom is 0.251 e. The maximum absolute atomic E-state index is 12.8. The number of H-pyrrole nitrogens is 1. The fraction of sp³-hybridized carbons (Fsp3) is 0.190. The molecule has 3 aromatic rings. The highest BCUT2D eigenvalue weighted by molar-refractivity contribution is 6.04. The van der Waals surface area contributed by atoms with E-state index in [1.165, 1.54) is 13.0 Å². The minimum absolute atomic E-state index is 0.0714. The van der Waals surface area contributed by atoms with Crippen molar-refractivity contribution in [1.29, 1.82) is 0 Å². The normalized spacial score (nSPS) is 11.0. The molecule has 1 aromatic heterocycles. The Morgan fingerprint density at radius 2 is 1.85 bits per heavy atom. The quantitative estimate of drug-likeness (QED) is 0.501. The molecular weight excluding hydrogens is 340 g/mol. The fourth-order valence-electron chi connectivity index (χ4n) is 2.83. The monoisotopic (exact) mass is 362 g/mol. The average Bonchev–Trinajstić information content (AvgIpc) is 3.10. The summed E-state index contributed by atoms with van der Waals surface area (Å²) in [5.41, 5.74) is 2.48. The first kappa shape index (κ1) is 18.4. The number of rotatable bonds is 7. The average molecular weight is 362 g/mol. The van der Waals surface area contributed by atoms with E-state index < -0.39 is 0 Å². The van der Waals surface area contributed by atoms with E-state index in [2.05, 4.69) is 15.5 Å². The van der Waals surface area contributed by atoms with Crippen LogP contribution in [0.5, 0.6) is 0 Å². The molecule has 1 heterocycles. The van der Waals surface area contributed by atoms with E-state index in [0.717, 1.165) is 22.3 Å². The van der Waals surface area contributed by atoms with Crippen molar-refractivity contribution in [1.82, 2.24) is 15.5 Å². The number of carbonyl (C=O) groups is 2. The molecule has 2 aromatic carbocycles. The summed E-state index contributed by atoms with van der Waals surface area (Å²) in [4.78, 5) is 25.5. The van der Waals surface area contributed by atoms with Crippen LogP contribution in [0.25, 0.3) is 17.0 Å². The van der Waals surface area contributed by atoms with Crippen molar-refractivity contribution in [3.63, 3.8) is 0 Å². The van der Waals surface area contributed by atoms with E-state index >= 15 is 0 Å². The second-order valence-corrected chi connectivity index (χ2v) is 6.15. The molecule has 0 bridgehead atoms.